The average Bonchev–Trinajstić information content (AvgIpc) is 2.36. The van der Waals surface area contributed by atoms with Crippen LogP contribution in [0.1, 0.15) is 23.7 Å². The van der Waals surface area contributed by atoms with Gasteiger partial charge >= 0.3 is 0 Å². The van der Waals surface area contributed by atoms with Gasteiger partial charge in [-0.1, -0.05) is 13.0 Å². The maximum atomic E-state index is 11.9. The highest BCUT2D eigenvalue weighted by atomic mass is 79.9. The van der Waals surface area contributed by atoms with Crippen molar-refractivity contribution in [3.63, 3.8) is 0 Å². The van der Waals surface area contributed by atoms with Gasteiger partial charge in [0.2, 0.25) is 0 Å². The number of rotatable bonds is 6. The molecule has 0 aromatic heterocycles. The number of benzene rings is 1. The second-order valence-electron chi connectivity index (χ2n) is 4.22. The molecule has 0 radical (unpaired) electrons. The number of amides is 1. The van der Waals surface area contributed by atoms with Gasteiger partial charge in [-0.2, -0.15) is 0 Å². The number of aliphatic hydroxyl groups excluding tert-OH is 1. The van der Waals surface area contributed by atoms with Crippen LogP contribution in [0, 0.1) is 16.0 Å². The summed E-state index contributed by atoms with van der Waals surface area (Å²) in [7, 11) is 0. The second-order valence-corrected chi connectivity index (χ2v) is 5.02. The van der Waals surface area contributed by atoms with E-state index in [0.29, 0.717) is 13.0 Å². The van der Waals surface area contributed by atoms with Crippen molar-refractivity contribution in [1.29, 1.82) is 0 Å². The van der Waals surface area contributed by atoms with Gasteiger partial charge in [-0.05, 0) is 34.3 Å². The van der Waals surface area contributed by atoms with Crippen molar-refractivity contribution in [2.24, 2.45) is 5.92 Å². The minimum atomic E-state index is -0.546. The number of nitrogens with zero attached hydrogens (tertiary/aromatic N) is 1. The highest BCUT2D eigenvalue weighted by Crippen LogP contribution is 2.28. The van der Waals surface area contributed by atoms with Crippen LogP contribution < -0.4 is 5.32 Å². The van der Waals surface area contributed by atoms with Gasteiger partial charge in [0, 0.05) is 19.2 Å². The zero-order chi connectivity index (χ0) is 14.4. The van der Waals surface area contributed by atoms with Crippen LogP contribution in [0.15, 0.2) is 22.7 Å². The smallest absolute Gasteiger partial charge is 0.284 e. The van der Waals surface area contributed by atoms with Crippen LogP contribution in [0.5, 0.6) is 0 Å². The minimum absolute atomic E-state index is 0.0670. The molecule has 1 atom stereocenters. The van der Waals surface area contributed by atoms with Crippen molar-refractivity contribution in [3.8, 4) is 0 Å². The summed E-state index contributed by atoms with van der Waals surface area (Å²) in [5.74, 6) is -0.230. The Balaban J connectivity index is 2.78. The van der Waals surface area contributed by atoms with E-state index in [2.05, 4.69) is 21.2 Å². The van der Waals surface area contributed by atoms with Crippen LogP contribution in [-0.2, 0) is 0 Å². The summed E-state index contributed by atoms with van der Waals surface area (Å²) in [6, 6.07) is 4.31. The SMILES string of the molecule is CC(CCO)CNC(=O)c1cccc([N+](=O)[O-])c1Br. The molecule has 0 fully saturated rings. The summed E-state index contributed by atoms with van der Waals surface area (Å²) in [5, 5.41) is 22.2. The van der Waals surface area contributed by atoms with Crippen LogP contribution in [0.3, 0.4) is 0 Å². The van der Waals surface area contributed by atoms with Gasteiger partial charge in [0.15, 0.2) is 0 Å². The molecule has 0 saturated carbocycles. The summed E-state index contributed by atoms with van der Waals surface area (Å²) in [4.78, 5) is 22.1. The molecule has 0 aliphatic heterocycles. The molecular formula is C12H15BrN2O4. The standard InChI is InChI=1S/C12H15BrN2O4/c1-8(5-6-16)7-14-12(17)9-3-2-4-10(11(9)13)15(18)19/h2-4,8,16H,5-7H2,1H3,(H,14,17). The fourth-order valence-electron chi connectivity index (χ4n) is 1.52. The molecule has 7 heteroatoms. The molecule has 6 nitrogen and oxygen atoms in total. The molecule has 0 aliphatic rings. The van der Waals surface area contributed by atoms with Gasteiger partial charge in [0.05, 0.1) is 10.5 Å². The number of nitro benzene ring substituents is 1. The monoisotopic (exact) mass is 330 g/mol. The molecule has 104 valence electrons. The molecule has 0 bridgehead atoms. The third-order valence-corrected chi connectivity index (χ3v) is 3.49. The molecule has 0 spiro atoms. The molecule has 19 heavy (non-hydrogen) atoms. The zero-order valence-electron chi connectivity index (χ0n) is 10.4. The van der Waals surface area contributed by atoms with Crippen molar-refractivity contribution in [1.82, 2.24) is 5.32 Å². The van der Waals surface area contributed by atoms with Gasteiger partial charge < -0.3 is 10.4 Å². The topological polar surface area (TPSA) is 92.5 Å². The normalized spacial score (nSPS) is 11.9. The van der Waals surface area contributed by atoms with Crippen molar-refractivity contribution in [2.45, 2.75) is 13.3 Å². The van der Waals surface area contributed by atoms with E-state index in [0.717, 1.165) is 0 Å². The van der Waals surface area contributed by atoms with Crippen molar-refractivity contribution in [3.05, 3.63) is 38.3 Å². The number of hydrogen-bond donors (Lipinski definition) is 2. The van der Waals surface area contributed by atoms with Crippen molar-refractivity contribution in [2.75, 3.05) is 13.2 Å². The van der Waals surface area contributed by atoms with E-state index < -0.39 is 4.92 Å². The van der Waals surface area contributed by atoms with Crippen molar-refractivity contribution >= 4 is 27.5 Å². The number of carbonyl (C=O) groups is 1. The van der Waals surface area contributed by atoms with Crippen LogP contribution in [0.25, 0.3) is 0 Å². The van der Waals surface area contributed by atoms with Gasteiger partial charge in [0.1, 0.15) is 4.47 Å². The Morgan fingerprint density at radius 1 is 1.58 bits per heavy atom. The van der Waals surface area contributed by atoms with Crippen molar-refractivity contribution < 1.29 is 14.8 Å². The number of nitrogens with one attached hydrogen (secondary N) is 1. The Kier molecular flexibility index (Phi) is 5.91. The maximum Gasteiger partial charge on any atom is 0.284 e. The first-order chi connectivity index (χ1) is 8.97. The van der Waals surface area contributed by atoms with Crippen LogP contribution in [0.2, 0.25) is 0 Å². The van der Waals surface area contributed by atoms with Gasteiger partial charge in [-0.25, -0.2) is 0 Å². The Hall–Kier alpha value is -1.47. The van der Waals surface area contributed by atoms with E-state index >= 15 is 0 Å². The molecule has 0 saturated heterocycles. The summed E-state index contributed by atoms with van der Waals surface area (Å²) in [6.45, 7) is 2.38. The fourth-order valence-corrected chi connectivity index (χ4v) is 2.11. The molecular weight excluding hydrogens is 316 g/mol. The Morgan fingerprint density at radius 3 is 2.84 bits per heavy atom. The average molecular weight is 331 g/mol. The maximum absolute atomic E-state index is 11.9. The van der Waals surface area contributed by atoms with Gasteiger partial charge in [-0.15, -0.1) is 0 Å². The third kappa shape index (κ3) is 4.29. The largest absolute Gasteiger partial charge is 0.396 e. The highest BCUT2D eigenvalue weighted by Gasteiger charge is 2.19. The molecule has 0 heterocycles. The lowest BCUT2D eigenvalue weighted by molar-refractivity contribution is -0.385. The molecule has 1 amide bonds. The van der Waals surface area contributed by atoms with E-state index in [4.69, 9.17) is 5.11 Å². The second kappa shape index (κ2) is 7.20. The van der Waals surface area contributed by atoms with Gasteiger partial charge in [-0.3, -0.25) is 14.9 Å². The summed E-state index contributed by atoms with van der Waals surface area (Å²) < 4.78 is 0.173. The number of nitro groups is 1. The minimum Gasteiger partial charge on any atom is -0.396 e. The van der Waals surface area contributed by atoms with Crippen LogP contribution >= 0.6 is 15.9 Å². The lowest BCUT2D eigenvalue weighted by Gasteiger charge is -2.11. The van der Waals surface area contributed by atoms with E-state index in [1.165, 1.54) is 18.2 Å². The predicted octanol–water partition coefficient (Wildman–Crippen LogP) is 2.11. The van der Waals surface area contributed by atoms with E-state index in [1.54, 1.807) is 0 Å². The Bertz CT molecular complexity index is 479. The van der Waals surface area contributed by atoms with E-state index in [1.807, 2.05) is 6.92 Å². The lowest BCUT2D eigenvalue weighted by Crippen LogP contribution is -2.29. The van der Waals surface area contributed by atoms with Crippen LogP contribution in [0.4, 0.5) is 5.69 Å². The first-order valence-corrected chi connectivity index (χ1v) is 6.58. The number of hydrogen-bond acceptors (Lipinski definition) is 4. The molecule has 2 N–H and O–H groups in total. The third-order valence-electron chi connectivity index (χ3n) is 2.65. The molecule has 1 rings (SSSR count). The van der Waals surface area contributed by atoms with Gasteiger partial charge in [0.25, 0.3) is 11.6 Å². The zero-order valence-corrected chi connectivity index (χ0v) is 12.0. The number of carbonyl (C=O) groups excluding carboxylic acids is 1. The summed E-state index contributed by atoms with van der Waals surface area (Å²) in [5.41, 5.74) is 0.0847. The van der Waals surface area contributed by atoms with Crippen LogP contribution in [-0.4, -0.2) is 29.1 Å². The Morgan fingerprint density at radius 2 is 2.26 bits per heavy atom. The first kappa shape index (κ1) is 15.6. The number of aliphatic hydroxyl groups is 1. The molecule has 1 unspecified atom stereocenters. The quantitative estimate of drug-likeness (QED) is 0.617. The highest BCUT2D eigenvalue weighted by molar-refractivity contribution is 9.10. The summed E-state index contributed by atoms with van der Waals surface area (Å²) in [6.07, 6.45) is 0.594. The summed E-state index contributed by atoms with van der Waals surface area (Å²) >= 11 is 3.08. The number of halogens is 1. The van der Waals surface area contributed by atoms with E-state index in [-0.39, 0.29) is 34.2 Å². The predicted molar refractivity (Wildman–Crippen MR) is 74.0 cm³/mol. The molecule has 0 aliphatic carbocycles. The van der Waals surface area contributed by atoms with E-state index in [9.17, 15) is 14.9 Å². The molecule has 1 aromatic rings. The Labute approximate surface area is 119 Å². The fraction of sp³-hybridized carbons (Fsp3) is 0.417. The molecule has 1 aromatic carbocycles. The first-order valence-electron chi connectivity index (χ1n) is 5.79. The lowest BCUT2D eigenvalue weighted by atomic mass is 10.1.